The molecule has 1 N–H and O–H groups in total. The fraction of sp³-hybridized carbons (Fsp3) is 0.263. The van der Waals surface area contributed by atoms with E-state index in [1.165, 1.54) is 4.90 Å². The van der Waals surface area contributed by atoms with Crippen molar-refractivity contribution in [2.24, 2.45) is 0 Å². The number of hydrogen-bond acceptors (Lipinski definition) is 3. The number of rotatable bonds is 7. The molecule has 132 valence electrons. The van der Waals surface area contributed by atoms with Crippen LogP contribution in [0.5, 0.6) is 5.75 Å². The maximum absolute atomic E-state index is 12.7. The summed E-state index contributed by atoms with van der Waals surface area (Å²) >= 11 is 3.42. The fourth-order valence-corrected chi connectivity index (χ4v) is 2.81. The molecular weight excluding hydrogens is 384 g/mol. The summed E-state index contributed by atoms with van der Waals surface area (Å²) in [4.78, 5) is 26.2. The molecule has 1 atom stereocenters. The zero-order chi connectivity index (χ0) is 18.2. The third kappa shape index (κ3) is 5.60. The minimum Gasteiger partial charge on any atom is -0.484 e. The van der Waals surface area contributed by atoms with Crippen LogP contribution < -0.4 is 10.1 Å². The van der Waals surface area contributed by atoms with Gasteiger partial charge in [0.05, 0.1) is 0 Å². The highest BCUT2D eigenvalue weighted by Gasteiger charge is 2.25. The molecule has 0 aliphatic carbocycles. The van der Waals surface area contributed by atoms with Crippen molar-refractivity contribution in [3.05, 3.63) is 64.6 Å². The van der Waals surface area contributed by atoms with Crippen LogP contribution in [-0.2, 0) is 16.1 Å². The summed E-state index contributed by atoms with van der Waals surface area (Å²) in [6, 6.07) is 16.2. The Morgan fingerprint density at radius 1 is 1.16 bits per heavy atom. The first-order valence-electron chi connectivity index (χ1n) is 7.94. The minimum atomic E-state index is -0.601. The molecule has 0 aromatic heterocycles. The quantitative estimate of drug-likeness (QED) is 0.771. The number of hydrogen-bond donors (Lipinski definition) is 1. The average Bonchev–Trinajstić information content (AvgIpc) is 2.64. The summed E-state index contributed by atoms with van der Waals surface area (Å²) < 4.78 is 6.46. The topological polar surface area (TPSA) is 58.6 Å². The van der Waals surface area contributed by atoms with Crippen molar-refractivity contribution >= 4 is 27.7 Å². The molecule has 0 saturated heterocycles. The van der Waals surface area contributed by atoms with Crippen LogP contribution in [0.1, 0.15) is 12.5 Å². The second-order valence-corrected chi connectivity index (χ2v) is 6.46. The van der Waals surface area contributed by atoms with Gasteiger partial charge in [-0.25, -0.2) is 0 Å². The standard InChI is InChI=1S/C19H21BrN2O3/c1-14(19(24)21-2)22(12-15-7-6-8-16(20)11-15)18(23)13-25-17-9-4-3-5-10-17/h3-11,14H,12-13H2,1-2H3,(H,21,24)/t14-/m0/s1. The Balaban J connectivity index is 2.12. The molecule has 2 amide bonds. The van der Waals surface area contributed by atoms with E-state index in [0.29, 0.717) is 12.3 Å². The zero-order valence-corrected chi connectivity index (χ0v) is 15.8. The second-order valence-electron chi connectivity index (χ2n) is 5.54. The number of nitrogens with zero attached hydrogens (tertiary/aromatic N) is 1. The van der Waals surface area contributed by atoms with Crippen LogP contribution in [0, 0.1) is 0 Å². The number of amides is 2. The van der Waals surface area contributed by atoms with Crippen LogP contribution >= 0.6 is 15.9 Å². The van der Waals surface area contributed by atoms with Gasteiger partial charge < -0.3 is 15.0 Å². The molecule has 2 aromatic carbocycles. The maximum atomic E-state index is 12.7. The van der Waals surface area contributed by atoms with E-state index in [1.54, 1.807) is 26.1 Å². The molecule has 0 saturated carbocycles. The van der Waals surface area contributed by atoms with Crippen LogP contribution in [0.15, 0.2) is 59.1 Å². The van der Waals surface area contributed by atoms with E-state index in [4.69, 9.17) is 4.74 Å². The van der Waals surface area contributed by atoms with Crippen molar-refractivity contribution < 1.29 is 14.3 Å². The first-order chi connectivity index (χ1) is 12.0. The van der Waals surface area contributed by atoms with E-state index >= 15 is 0 Å². The number of benzene rings is 2. The van der Waals surface area contributed by atoms with Gasteiger partial charge in [-0.2, -0.15) is 0 Å². The van der Waals surface area contributed by atoms with Gasteiger partial charge in [-0.1, -0.05) is 46.3 Å². The highest BCUT2D eigenvalue weighted by Crippen LogP contribution is 2.16. The van der Waals surface area contributed by atoms with Gasteiger partial charge in [0.15, 0.2) is 6.61 Å². The normalized spacial score (nSPS) is 11.5. The lowest BCUT2D eigenvalue weighted by atomic mass is 10.1. The van der Waals surface area contributed by atoms with Crippen LogP contribution in [0.2, 0.25) is 0 Å². The maximum Gasteiger partial charge on any atom is 0.261 e. The Morgan fingerprint density at radius 3 is 2.52 bits per heavy atom. The fourth-order valence-electron chi connectivity index (χ4n) is 2.37. The van der Waals surface area contributed by atoms with Gasteiger partial charge in [-0.05, 0) is 36.8 Å². The Bertz CT molecular complexity index is 722. The molecule has 0 bridgehead atoms. The van der Waals surface area contributed by atoms with E-state index in [0.717, 1.165) is 10.0 Å². The van der Waals surface area contributed by atoms with Crippen molar-refractivity contribution in [3.63, 3.8) is 0 Å². The van der Waals surface area contributed by atoms with Crippen molar-refractivity contribution in [2.45, 2.75) is 19.5 Å². The van der Waals surface area contributed by atoms with Crippen molar-refractivity contribution in [3.8, 4) is 5.75 Å². The van der Waals surface area contributed by atoms with Crippen LogP contribution in [0.25, 0.3) is 0 Å². The molecule has 0 spiro atoms. The Kier molecular flexibility index (Phi) is 7.01. The molecule has 0 radical (unpaired) electrons. The molecule has 2 rings (SSSR count). The lowest BCUT2D eigenvalue weighted by Gasteiger charge is -2.28. The molecule has 0 heterocycles. The Morgan fingerprint density at radius 2 is 1.88 bits per heavy atom. The molecule has 5 nitrogen and oxygen atoms in total. The summed E-state index contributed by atoms with van der Waals surface area (Å²) in [6.07, 6.45) is 0. The molecule has 0 aliphatic heterocycles. The van der Waals surface area contributed by atoms with E-state index < -0.39 is 6.04 Å². The van der Waals surface area contributed by atoms with Gasteiger partial charge >= 0.3 is 0 Å². The number of carbonyl (C=O) groups excluding carboxylic acids is 2. The van der Waals surface area contributed by atoms with E-state index in [2.05, 4.69) is 21.2 Å². The third-order valence-electron chi connectivity index (χ3n) is 3.76. The van der Waals surface area contributed by atoms with Gasteiger partial charge in [-0.15, -0.1) is 0 Å². The van der Waals surface area contributed by atoms with Crippen LogP contribution in [-0.4, -0.2) is 36.4 Å². The summed E-state index contributed by atoms with van der Waals surface area (Å²) in [6.45, 7) is 1.90. The van der Waals surface area contributed by atoms with Crippen LogP contribution in [0.4, 0.5) is 0 Å². The summed E-state index contributed by atoms with van der Waals surface area (Å²) in [7, 11) is 1.56. The van der Waals surface area contributed by atoms with Gasteiger partial charge in [-0.3, -0.25) is 9.59 Å². The Hall–Kier alpha value is -2.34. The largest absolute Gasteiger partial charge is 0.484 e. The van der Waals surface area contributed by atoms with E-state index in [9.17, 15) is 9.59 Å². The van der Waals surface area contributed by atoms with Gasteiger partial charge in [0, 0.05) is 18.1 Å². The van der Waals surface area contributed by atoms with Gasteiger partial charge in [0.25, 0.3) is 5.91 Å². The summed E-state index contributed by atoms with van der Waals surface area (Å²) in [5, 5.41) is 2.59. The molecule has 2 aromatic rings. The molecule has 0 unspecified atom stereocenters. The number of nitrogens with one attached hydrogen (secondary N) is 1. The minimum absolute atomic E-state index is 0.126. The van der Waals surface area contributed by atoms with Gasteiger partial charge in [0.2, 0.25) is 5.91 Å². The van der Waals surface area contributed by atoms with E-state index in [-0.39, 0.29) is 18.4 Å². The highest BCUT2D eigenvalue weighted by molar-refractivity contribution is 9.10. The Labute approximate surface area is 156 Å². The second kappa shape index (κ2) is 9.22. The molecular formula is C19H21BrN2O3. The first kappa shape index (κ1) is 19.0. The van der Waals surface area contributed by atoms with Crippen molar-refractivity contribution in [1.29, 1.82) is 0 Å². The number of halogens is 1. The van der Waals surface area contributed by atoms with Crippen molar-refractivity contribution in [1.82, 2.24) is 10.2 Å². The first-order valence-corrected chi connectivity index (χ1v) is 8.74. The lowest BCUT2D eigenvalue weighted by Crippen LogP contribution is -2.48. The SMILES string of the molecule is CNC(=O)[C@H](C)N(Cc1cccc(Br)c1)C(=O)COc1ccccc1. The van der Waals surface area contributed by atoms with E-state index in [1.807, 2.05) is 42.5 Å². The average molecular weight is 405 g/mol. The van der Waals surface area contributed by atoms with Crippen molar-refractivity contribution in [2.75, 3.05) is 13.7 Å². The summed E-state index contributed by atoms with van der Waals surface area (Å²) in [5.41, 5.74) is 0.929. The predicted molar refractivity (Wildman–Crippen MR) is 100 cm³/mol. The molecule has 0 fully saturated rings. The molecule has 6 heteroatoms. The highest BCUT2D eigenvalue weighted by atomic mass is 79.9. The number of para-hydroxylation sites is 1. The number of likely N-dealkylation sites (N-methyl/N-ethyl adjacent to an activating group) is 1. The van der Waals surface area contributed by atoms with Gasteiger partial charge in [0.1, 0.15) is 11.8 Å². The predicted octanol–water partition coefficient (Wildman–Crippen LogP) is 2.99. The monoisotopic (exact) mass is 404 g/mol. The summed E-state index contributed by atoms with van der Waals surface area (Å²) in [5.74, 6) is 0.147. The molecule has 25 heavy (non-hydrogen) atoms. The number of ether oxygens (including phenoxy) is 1. The third-order valence-corrected chi connectivity index (χ3v) is 4.25. The number of carbonyl (C=O) groups is 2. The smallest absolute Gasteiger partial charge is 0.261 e. The van der Waals surface area contributed by atoms with Crippen LogP contribution in [0.3, 0.4) is 0 Å². The molecule has 0 aliphatic rings. The zero-order valence-electron chi connectivity index (χ0n) is 14.2. The lowest BCUT2D eigenvalue weighted by molar-refractivity contribution is -0.142.